The molecule has 5 nitrogen and oxygen atoms in total. The SMILES string of the molecule is Nc1ccc(C(=O)O)nc1Nc1ccc(I)cc1. The minimum absolute atomic E-state index is 0.0442. The average molecular weight is 355 g/mol. The molecule has 18 heavy (non-hydrogen) atoms. The Balaban J connectivity index is 2.30. The highest BCUT2D eigenvalue weighted by molar-refractivity contribution is 14.1. The number of carboxylic acid groups (broad SMARTS) is 1. The zero-order valence-electron chi connectivity index (χ0n) is 9.22. The van der Waals surface area contributed by atoms with Crippen LogP contribution in [0.15, 0.2) is 36.4 Å². The molecule has 1 aromatic carbocycles. The number of carboxylic acids is 1. The third-order valence-corrected chi connectivity index (χ3v) is 2.97. The summed E-state index contributed by atoms with van der Waals surface area (Å²) in [6.45, 7) is 0. The van der Waals surface area contributed by atoms with Crippen LogP contribution in [-0.4, -0.2) is 16.1 Å². The lowest BCUT2D eigenvalue weighted by atomic mass is 10.3. The molecule has 6 heteroatoms. The molecule has 0 bridgehead atoms. The monoisotopic (exact) mass is 355 g/mol. The Kier molecular flexibility index (Phi) is 3.66. The smallest absolute Gasteiger partial charge is 0.354 e. The van der Waals surface area contributed by atoms with Crippen molar-refractivity contribution < 1.29 is 9.90 Å². The summed E-state index contributed by atoms with van der Waals surface area (Å²) in [6.07, 6.45) is 0. The topological polar surface area (TPSA) is 88.2 Å². The Hall–Kier alpha value is -1.83. The summed E-state index contributed by atoms with van der Waals surface area (Å²) in [5, 5.41) is 11.9. The van der Waals surface area contributed by atoms with E-state index in [9.17, 15) is 4.79 Å². The number of aromatic nitrogens is 1. The van der Waals surface area contributed by atoms with E-state index >= 15 is 0 Å². The maximum Gasteiger partial charge on any atom is 0.354 e. The minimum atomic E-state index is -1.08. The number of hydrogen-bond acceptors (Lipinski definition) is 4. The summed E-state index contributed by atoms with van der Waals surface area (Å²) in [6, 6.07) is 10.5. The highest BCUT2D eigenvalue weighted by Gasteiger charge is 2.08. The van der Waals surface area contributed by atoms with E-state index in [0.29, 0.717) is 11.5 Å². The van der Waals surface area contributed by atoms with Crippen molar-refractivity contribution in [1.82, 2.24) is 4.98 Å². The van der Waals surface area contributed by atoms with Gasteiger partial charge in [0.1, 0.15) is 0 Å². The maximum atomic E-state index is 10.8. The number of halogens is 1. The number of hydrogen-bond donors (Lipinski definition) is 3. The van der Waals surface area contributed by atoms with Crippen LogP contribution in [0.2, 0.25) is 0 Å². The first-order valence-electron chi connectivity index (χ1n) is 5.08. The Bertz CT molecular complexity index is 584. The lowest BCUT2D eigenvalue weighted by Crippen LogP contribution is -2.05. The quantitative estimate of drug-likeness (QED) is 0.737. The van der Waals surface area contributed by atoms with Gasteiger partial charge in [-0.15, -0.1) is 0 Å². The van der Waals surface area contributed by atoms with E-state index in [1.54, 1.807) is 0 Å². The number of carbonyl (C=O) groups is 1. The van der Waals surface area contributed by atoms with Gasteiger partial charge >= 0.3 is 5.97 Å². The Morgan fingerprint density at radius 1 is 1.22 bits per heavy atom. The van der Waals surface area contributed by atoms with Crippen molar-refractivity contribution in [2.75, 3.05) is 11.1 Å². The summed E-state index contributed by atoms with van der Waals surface area (Å²) < 4.78 is 1.11. The number of rotatable bonds is 3. The third kappa shape index (κ3) is 2.89. The molecule has 92 valence electrons. The van der Waals surface area contributed by atoms with Crippen molar-refractivity contribution in [2.45, 2.75) is 0 Å². The van der Waals surface area contributed by atoms with Gasteiger partial charge in [0.2, 0.25) is 0 Å². The van der Waals surface area contributed by atoms with E-state index in [0.717, 1.165) is 9.26 Å². The van der Waals surface area contributed by atoms with Crippen molar-refractivity contribution in [1.29, 1.82) is 0 Å². The lowest BCUT2D eigenvalue weighted by molar-refractivity contribution is 0.0690. The van der Waals surface area contributed by atoms with Crippen molar-refractivity contribution >= 4 is 45.8 Å². The Morgan fingerprint density at radius 3 is 2.50 bits per heavy atom. The van der Waals surface area contributed by atoms with Gasteiger partial charge in [0.15, 0.2) is 11.5 Å². The summed E-state index contributed by atoms with van der Waals surface area (Å²) >= 11 is 2.20. The highest BCUT2D eigenvalue weighted by atomic mass is 127. The first-order chi connectivity index (χ1) is 8.56. The van der Waals surface area contributed by atoms with Gasteiger partial charge in [0, 0.05) is 9.26 Å². The molecule has 0 atom stereocenters. The number of pyridine rings is 1. The second kappa shape index (κ2) is 5.21. The first-order valence-corrected chi connectivity index (χ1v) is 6.16. The molecular weight excluding hydrogens is 345 g/mol. The van der Waals surface area contributed by atoms with Gasteiger partial charge in [-0.3, -0.25) is 0 Å². The molecule has 0 unspecified atom stereocenters. The molecule has 0 saturated heterocycles. The van der Waals surface area contributed by atoms with Gasteiger partial charge in [-0.2, -0.15) is 0 Å². The summed E-state index contributed by atoms with van der Waals surface area (Å²) in [5.74, 6) is -0.739. The fraction of sp³-hybridized carbons (Fsp3) is 0. The van der Waals surface area contributed by atoms with E-state index in [2.05, 4.69) is 32.9 Å². The molecule has 2 rings (SSSR count). The average Bonchev–Trinajstić information content (AvgIpc) is 2.34. The van der Waals surface area contributed by atoms with Crippen LogP contribution in [0.5, 0.6) is 0 Å². The van der Waals surface area contributed by atoms with Crippen LogP contribution in [0.1, 0.15) is 10.5 Å². The Labute approximate surface area is 117 Å². The second-order valence-corrected chi connectivity index (χ2v) is 4.82. The summed E-state index contributed by atoms with van der Waals surface area (Å²) in [5.41, 5.74) is 6.91. The molecule has 4 N–H and O–H groups in total. The Morgan fingerprint density at radius 2 is 1.89 bits per heavy atom. The van der Waals surface area contributed by atoms with Crippen LogP contribution in [0.25, 0.3) is 0 Å². The number of anilines is 3. The van der Waals surface area contributed by atoms with Gasteiger partial charge in [-0.1, -0.05) is 0 Å². The van der Waals surface area contributed by atoms with Crippen LogP contribution >= 0.6 is 22.6 Å². The summed E-state index contributed by atoms with van der Waals surface area (Å²) in [7, 11) is 0. The maximum absolute atomic E-state index is 10.8. The standard InChI is InChI=1S/C12H10IN3O2/c13-7-1-3-8(4-2-7)15-11-9(14)5-6-10(16-11)12(17)18/h1-6H,14H2,(H,15,16)(H,17,18). The zero-order chi connectivity index (χ0) is 13.1. The fourth-order valence-electron chi connectivity index (χ4n) is 1.36. The van der Waals surface area contributed by atoms with Gasteiger partial charge in [-0.25, -0.2) is 9.78 Å². The van der Waals surface area contributed by atoms with Crippen LogP contribution in [0.4, 0.5) is 17.2 Å². The molecule has 0 aliphatic rings. The fourth-order valence-corrected chi connectivity index (χ4v) is 1.72. The summed E-state index contributed by atoms with van der Waals surface area (Å²) in [4.78, 5) is 14.8. The van der Waals surface area contributed by atoms with Crippen molar-refractivity contribution in [3.8, 4) is 0 Å². The lowest BCUT2D eigenvalue weighted by Gasteiger charge is -2.09. The van der Waals surface area contributed by atoms with E-state index in [-0.39, 0.29) is 5.69 Å². The molecule has 0 amide bonds. The molecule has 0 fully saturated rings. The molecule has 0 aliphatic heterocycles. The van der Waals surface area contributed by atoms with E-state index in [1.807, 2.05) is 24.3 Å². The molecular formula is C12H10IN3O2. The van der Waals surface area contributed by atoms with Gasteiger partial charge in [-0.05, 0) is 59.0 Å². The van der Waals surface area contributed by atoms with E-state index in [4.69, 9.17) is 10.8 Å². The number of nitrogens with two attached hydrogens (primary N) is 1. The number of nitrogen functional groups attached to an aromatic ring is 1. The van der Waals surface area contributed by atoms with Crippen molar-refractivity contribution in [3.63, 3.8) is 0 Å². The predicted molar refractivity (Wildman–Crippen MR) is 78.1 cm³/mol. The molecule has 0 radical (unpaired) electrons. The molecule has 2 aromatic rings. The van der Waals surface area contributed by atoms with Crippen molar-refractivity contribution in [3.05, 3.63) is 45.7 Å². The number of nitrogens with zero attached hydrogens (tertiary/aromatic N) is 1. The highest BCUT2D eigenvalue weighted by Crippen LogP contribution is 2.21. The zero-order valence-corrected chi connectivity index (χ0v) is 11.4. The van der Waals surface area contributed by atoms with Crippen LogP contribution < -0.4 is 11.1 Å². The van der Waals surface area contributed by atoms with Crippen LogP contribution in [0.3, 0.4) is 0 Å². The first kappa shape index (κ1) is 12.6. The minimum Gasteiger partial charge on any atom is -0.477 e. The van der Waals surface area contributed by atoms with Crippen LogP contribution in [0, 0.1) is 3.57 Å². The second-order valence-electron chi connectivity index (χ2n) is 3.57. The van der Waals surface area contributed by atoms with E-state index in [1.165, 1.54) is 12.1 Å². The van der Waals surface area contributed by atoms with E-state index < -0.39 is 5.97 Å². The van der Waals surface area contributed by atoms with Crippen LogP contribution in [-0.2, 0) is 0 Å². The molecule has 1 heterocycles. The molecule has 0 spiro atoms. The van der Waals surface area contributed by atoms with Gasteiger partial charge < -0.3 is 16.2 Å². The number of aromatic carboxylic acids is 1. The number of nitrogens with one attached hydrogen (secondary N) is 1. The largest absolute Gasteiger partial charge is 0.477 e. The van der Waals surface area contributed by atoms with Gasteiger partial charge in [0.25, 0.3) is 0 Å². The van der Waals surface area contributed by atoms with Crippen molar-refractivity contribution in [2.24, 2.45) is 0 Å². The van der Waals surface area contributed by atoms with Gasteiger partial charge in [0.05, 0.1) is 5.69 Å². The molecule has 0 saturated carbocycles. The third-order valence-electron chi connectivity index (χ3n) is 2.25. The molecule has 1 aromatic heterocycles. The molecule has 0 aliphatic carbocycles. The number of benzene rings is 1. The normalized spacial score (nSPS) is 10.1. The predicted octanol–water partition coefficient (Wildman–Crippen LogP) is 2.71.